The molecule has 1 aliphatic carbocycles. The number of aromatic nitrogens is 1. The van der Waals surface area contributed by atoms with Crippen molar-refractivity contribution in [3.05, 3.63) is 24.0 Å². The third-order valence-electron chi connectivity index (χ3n) is 4.49. The van der Waals surface area contributed by atoms with Gasteiger partial charge in [-0.2, -0.15) is 0 Å². The van der Waals surface area contributed by atoms with Crippen LogP contribution in [0.1, 0.15) is 58.1 Å². The Morgan fingerprint density at radius 3 is 2.90 bits per heavy atom. The maximum atomic E-state index is 5.84. The molecule has 1 saturated carbocycles. The molecule has 2 rings (SSSR count). The predicted molar refractivity (Wildman–Crippen MR) is 81.2 cm³/mol. The van der Waals surface area contributed by atoms with E-state index in [4.69, 9.17) is 10.6 Å². The molecular formula is C16H27N3O. The first-order valence-corrected chi connectivity index (χ1v) is 7.62. The Balaban J connectivity index is 2.19. The highest BCUT2D eigenvalue weighted by Gasteiger charge is 2.39. The lowest BCUT2D eigenvalue weighted by Gasteiger charge is -2.34. The van der Waals surface area contributed by atoms with Crippen LogP contribution in [0.2, 0.25) is 0 Å². The quantitative estimate of drug-likeness (QED) is 0.619. The molecule has 112 valence electrons. The van der Waals surface area contributed by atoms with E-state index in [1.54, 1.807) is 6.20 Å². The lowest BCUT2D eigenvalue weighted by Crippen LogP contribution is -2.37. The first-order chi connectivity index (χ1) is 9.58. The van der Waals surface area contributed by atoms with Gasteiger partial charge in [-0.1, -0.05) is 27.2 Å². The average Bonchev–Trinajstić information content (AvgIpc) is 2.78. The third kappa shape index (κ3) is 3.30. The molecule has 0 aromatic carbocycles. The number of rotatable bonds is 6. The summed E-state index contributed by atoms with van der Waals surface area (Å²) in [5.74, 6) is 7.21. The third-order valence-corrected chi connectivity index (χ3v) is 4.49. The summed E-state index contributed by atoms with van der Waals surface area (Å²) in [4.78, 5) is 4.30. The Morgan fingerprint density at radius 2 is 2.30 bits per heavy atom. The molecule has 0 aliphatic heterocycles. The molecule has 0 spiro atoms. The van der Waals surface area contributed by atoms with Crippen molar-refractivity contribution < 1.29 is 4.74 Å². The second-order valence-corrected chi connectivity index (χ2v) is 6.43. The molecule has 0 amide bonds. The molecule has 0 saturated heterocycles. The number of hydrogen-bond donors (Lipinski definition) is 2. The van der Waals surface area contributed by atoms with Crippen LogP contribution in [-0.4, -0.2) is 11.6 Å². The number of nitrogens with zero attached hydrogens (tertiary/aromatic N) is 1. The minimum Gasteiger partial charge on any atom is -0.492 e. The molecule has 1 aromatic rings. The summed E-state index contributed by atoms with van der Waals surface area (Å²) in [6, 6.07) is 2.21. The Kier molecular flexibility index (Phi) is 5.00. The van der Waals surface area contributed by atoms with Crippen LogP contribution >= 0.6 is 0 Å². The fraction of sp³-hybridized carbons (Fsp3) is 0.688. The van der Waals surface area contributed by atoms with Gasteiger partial charge in [0.15, 0.2) is 0 Å². The minimum absolute atomic E-state index is 0.144. The monoisotopic (exact) mass is 277 g/mol. The number of pyridine rings is 1. The maximum Gasteiger partial charge on any atom is 0.137 e. The van der Waals surface area contributed by atoms with Gasteiger partial charge in [0.1, 0.15) is 5.75 Å². The van der Waals surface area contributed by atoms with Crippen LogP contribution in [0.25, 0.3) is 0 Å². The van der Waals surface area contributed by atoms with Gasteiger partial charge < -0.3 is 4.74 Å². The fourth-order valence-corrected chi connectivity index (χ4v) is 3.32. The van der Waals surface area contributed by atoms with E-state index in [0.29, 0.717) is 11.3 Å². The van der Waals surface area contributed by atoms with Gasteiger partial charge in [0.05, 0.1) is 18.8 Å². The number of hydrogen-bond acceptors (Lipinski definition) is 4. The number of nitrogens with one attached hydrogen (secondary N) is 1. The SMILES string of the molecule is CCCOc1cncc(C(NN)C2CCCC2(C)C)c1. The molecule has 1 aliphatic rings. The van der Waals surface area contributed by atoms with Crippen molar-refractivity contribution in [2.24, 2.45) is 17.2 Å². The summed E-state index contributed by atoms with van der Waals surface area (Å²) in [5, 5.41) is 0. The highest BCUT2D eigenvalue weighted by Crippen LogP contribution is 2.48. The second kappa shape index (κ2) is 6.55. The number of hydrazine groups is 1. The lowest BCUT2D eigenvalue weighted by molar-refractivity contribution is 0.197. The standard InChI is InChI=1S/C16H27N3O/c1-4-8-20-13-9-12(10-18-11-13)15(19-17)14-6-5-7-16(14,2)3/h9-11,14-15,19H,4-8,17H2,1-3H3. The Labute approximate surface area is 122 Å². The van der Waals surface area contributed by atoms with Gasteiger partial charge in [-0.25, -0.2) is 0 Å². The van der Waals surface area contributed by atoms with Crippen LogP contribution in [0.15, 0.2) is 18.5 Å². The molecule has 1 aromatic heterocycles. The Bertz CT molecular complexity index is 433. The zero-order chi connectivity index (χ0) is 14.6. The van der Waals surface area contributed by atoms with E-state index >= 15 is 0 Å². The molecular weight excluding hydrogens is 250 g/mol. The molecule has 0 bridgehead atoms. The topological polar surface area (TPSA) is 60.2 Å². The molecule has 4 nitrogen and oxygen atoms in total. The first-order valence-electron chi connectivity index (χ1n) is 7.62. The molecule has 1 fully saturated rings. The second-order valence-electron chi connectivity index (χ2n) is 6.43. The van der Waals surface area contributed by atoms with Crippen molar-refractivity contribution in [3.63, 3.8) is 0 Å². The van der Waals surface area contributed by atoms with E-state index in [2.05, 4.69) is 37.2 Å². The van der Waals surface area contributed by atoms with Crippen molar-refractivity contribution >= 4 is 0 Å². The molecule has 2 atom stereocenters. The van der Waals surface area contributed by atoms with Crippen molar-refractivity contribution in [3.8, 4) is 5.75 Å². The lowest BCUT2D eigenvalue weighted by atomic mass is 9.76. The minimum atomic E-state index is 0.144. The molecule has 0 radical (unpaired) electrons. The van der Waals surface area contributed by atoms with Crippen LogP contribution in [0.5, 0.6) is 5.75 Å². The summed E-state index contributed by atoms with van der Waals surface area (Å²) in [6.07, 6.45) is 8.41. The van der Waals surface area contributed by atoms with Gasteiger partial charge in [-0.3, -0.25) is 16.3 Å². The molecule has 1 heterocycles. The highest BCUT2D eigenvalue weighted by molar-refractivity contribution is 5.27. The van der Waals surface area contributed by atoms with Crippen LogP contribution in [0.3, 0.4) is 0 Å². The van der Waals surface area contributed by atoms with E-state index in [-0.39, 0.29) is 6.04 Å². The van der Waals surface area contributed by atoms with E-state index in [9.17, 15) is 0 Å². The van der Waals surface area contributed by atoms with Gasteiger partial charge in [-0.15, -0.1) is 0 Å². The van der Waals surface area contributed by atoms with Crippen molar-refractivity contribution in [1.29, 1.82) is 0 Å². The van der Waals surface area contributed by atoms with E-state index in [1.165, 1.54) is 19.3 Å². The van der Waals surface area contributed by atoms with Gasteiger partial charge in [0.2, 0.25) is 0 Å². The van der Waals surface area contributed by atoms with Gasteiger partial charge in [0.25, 0.3) is 0 Å². The normalized spacial score (nSPS) is 22.7. The van der Waals surface area contributed by atoms with Gasteiger partial charge >= 0.3 is 0 Å². The predicted octanol–water partition coefficient (Wildman–Crippen LogP) is 3.20. The van der Waals surface area contributed by atoms with Gasteiger partial charge in [0, 0.05) is 6.20 Å². The zero-order valence-corrected chi connectivity index (χ0v) is 12.9. The summed E-state index contributed by atoms with van der Waals surface area (Å²) in [7, 11) is 0. The van der Waals surface area contributed by atoms with Crippen molar-refractivity contribution in [2.45, 2.75) is 52.5 Å². The molecule has 20 heavy (non-hydrogen) atoms. The number of nitrogens with two attached hydrogens (primary N) is 1. The average molecular weight is 277 g/mol. The summed E-state index contributed by atoms with van der Waals surface area (Å²) in [5.41, 5.74) is 4.45. The summed E-state index contributed by atoms with van der Waals surface area (Å²) in [6.45, 7) is 7.49. The van der Waals surface area contributed by atoms with Crippen molar-refractivity contribution in [2.75, 3.05) is 6.61 Å². The Hall–Kier alpha value is -1.13. The highest BCUT2D eigenvalue weighted by atomic mass is 16.5. The largest absolute Gasteiger partial charge is 0.492 e. The summed E-state index contributed by atoms with van der Waals surface area (Å²) >= 11 is 0. The van der Waals surface area contributed by atoms with E-state index in [0.717, 1.165) is 24.3 Å². The first kappa shape index (κ1) is 15.3. The van der Waals surface area contributed by atoms with Crippen LogP contribution in [0.4, 0.5) is 0 Å². The number of ether oxygens (including phenoxy) is 1. The molecule has 2 unspecified atom stereocenters. The molecule has 4 heteroatoms. The van der Waals surface area contributed by atoms with Crippen LogP contribution < -0.4 is 16.0 Å². The Morgan fingerprint density at radius 1 is 1.50 bits per heavy atom. The fourth-order valence-electron chi connectivity index (χ4n) is 3.32. The van der Waals surface area contributed by atoms with Crippen LogP contribution in [-0.2, 0) is 0 Å². The zero-order valence-electron chi connectivity index (χ0n) is 12.9. The molecule has 3 N–H and O–H groups in total. The van der Waals surface area contributed by atoms with E-state index < -0.39 is 0 Å². The van der Waals surface area contributed by atoms with Crippen molar-refractivity contribution in [1.82, 2.24) is 10.4 Å². The maximum absolute atomic E-state index is 5.84. The van der Waals surface area contributed by atoms with Crippen LogP contribution in [0, 0.1) is 11.3 Å². The van der Waals surface area contributed by atoms with Gasteiger partial charge in [-0.05, 0) is 42.2 Å². The van der Waals surface area contributed by atoms with E-state index in [1.807, 2.05) is 6.20 Å². The smallest absolute Gasteiger partial charge is 0.137 e. The summed E-state index contributed by atoms with van der Waals surface area (Å²) < 4.78 is 5.67.